The molecule has 0 bridgehead atoms. The Morgan fingerprint density at radius 2 is 1.88 bits per heavy atom. The van der Waals surface area contributed by atoms with Crippen LogP contribution in [-0.4, -0.2) is 90.7 Å². The van der Waals surface area contributed by atoms with E-state index in [1.165, 1.54) is 30.6 Å². The number of carbonyl (C=O) groups excluding carboxylic acids is 2. The lowest BCUT2D eigenvalue weighted by Crippen LogP contribution is -2.60. The molecule has 4 rings (SSSR count). The van der Waals surface area contributed by atoms with Crippen molar-refractivity contribution in [2.45, 2.75) is 63.5 Å². The summed E-state index contributed by atoms with van der Waals surface area (Å²) in [5.41, 5.74) is 2.60. The first kappa shape index (κ1) is 23.6. The number of nitrogens with zero attached hydrogens (tertiary/aromatic N) is 3. The highest BCUT2D eigenvalue weighted by Gasteiger charge is 2.39. The normalized spacial score (nSPS) is 23.0. The van der Waals surface area contributed by atoms with Crippen molar-refractivity contribution < 1.29 is 14.3 Å². The summed E-state index contributed by atoms with van der Waals surface area (Å²) in [5.74, 6) is 0.0908. The molecule has 2 saturated heterocycles. The van der Waals surface area contributed by atoms with Crippen LogP contribution < -0.4 is 10.6 Å². The molecule has 0 atom stereocenters. The van der Waals surface area contributed by atoms with Crippen LogP contribution in [0.4, 0.5) is 0 Å². The van der Waals surface area contributed by atoms with Gasteiger partial charge >= 0.3 is 0 Å². The van der Waals surface area contributed by atoms with Crippen LogP contribution in [-0.2, 0) is 9.53 Å². The smallest absolute Gasteiger partial charge is 0.263 e. The summed E-state index contributed by atoms with van der Waals surface area (Å²) in [4.78, 5) is 34.8. The lowest BCUT2D eigenvalue weighted by atomic mass is 9.79. The predicted octanol–water partition coefficient (Wildman–Crippen LogP) is 1.80. The fourth-order valence-electron chi connectivity index (χ4n) is 5.38. The number of nitrogens with one attached hydrogen (secondary N) is 2. The second-order valence-electron chi connectivity index (χ2n) is 9.45. The van der Waals surface area contributed by atoms with Gasteiger partial charge in [0.25, 0.3) is 5.91 Å². The second-order valence-corrected chi connectivity index (χ2v) is 10.3. The second kappa shape index (κ2) is 11.0. The zero-order valence-electron chi connectivity index (χ0n) is 19.2. The van der Waals surface area contributed by atoms with Crippen LogP contribution in [0.5, 0.6) is 0 Å². The highest BCUT2D eigenvalue weighted by atomic mass is 32.1. The van der Waals surface area contributed by atoms with Gasteiger partial charge in [0.2, 0.25) is 5.91 Å². The molecule has 1 saturated carbocycles. The van der Waals surface area contributed by atoms with Gasteiger partial charge in [0, 0.05) is 44.3 Å². The molecule has 178 valence electrons. The Kier molecular flexibility index (Phi) is 8.15. The molecule has 3 fully saturated rings. The third kappa shape index (κ3) is 5.87. The average Bonchev–Trinajstić information content (AvgIpc) is 3.26. The first-order valence-corrected chi connectivity index (χ1v) is 13.0. The van der Waals surface area contributed by atoms with Crippen molar-refractivity contribution in [3.05, 3.63) is 16.1 Å². The molecule has 32 heavy (non-hydrogen) atoms. The van der Waals surface area contributed by atoms with Gasteiger partial charge in [-0.05, 0) is 32.6 Å². The summed E-state index contributed by atoms with van der Waals surface area (Å²) in [7, 11) is 0. The fraction of sp³-hybridized carbons (Fsp3) is 0.783. The highest BCUT2D eigenvalue weighted by Crippen LogP contribution is 2.33. The molecule has 1 aliphatic carbocycles. The Bertz CT molecular complexity index is 765. The van der Waals surface area contributed by atoms with E-state index in [0.717, 1.165) is 77.3 Å². The third-order valence-corrected chi connectivity index (χ3v) is 8.25. The van der Waals surface area contributed by atoms with E-state index in [-0.39, 0.29) is 23.4 Å². The van der Waals surface area contributed by atoms with E-state index in [1.54, 1.807) is 5.51 Å². The summed E-state index contributed by atoms with van der Waals surface area (Å²) in [6, 6.07) is 0.162. The molecular weight excluding hydrogens is 426 g/mol. The number of aryl methyl sites for hydroxylation is 1. The van der Waals surface area contributed by atoms with E-state index in [1.807, 2.05) is 6.92 Å². The largest absolute Gasteiger partial charge is 0.379 e. The van der Waals surface area contributed by atoms with Crippen LogP contribution in [0.2, 0.25) is 0 Å². The quantitative estimate of drug-likeness (QED) is 0.641. The summed E-state index contributed by atoms with van der Waals surface area (Å²) >= 11 is 1.39. The van der Waals surface area contributed by atoms with Crippen molar-refractivity contribution in [3.8, 4) is 0 Å². The van der Waals surface area contributed by atoms with E-state index in [0.29, 0.717) is 11.4 Å². The predicted molar refractivity (Wildman–Crippen MR) is 125 cm³/mol. The van der Waals surface area contributed by atoms with Gasteiger partial charge in [-0.1, -0.05) is 19.3 Å². The Labute approximate surface area is 195 Å². The van der Waals surface area contributed by atoms with Crippen LogP contribution >= 0.6 is 11.3 Å². The van der Waals surface area contributed by atoms with Crippen LogP contribution in [0, 0.1) is 6.92 Å². The fourth-order valence-corrected chi connectivity index (χ4v) is 6.09. The summed E-state index contributed by atoms with van der Waals surface area (Å²) < 4.78 is 5.56. The molecule has 3 aliphatic rings. The van der Waals surface area contributed by atoms with E-state index in [9.17, 15) is 9.59 Å². The van der Waals surface area contributed by atoms with Gasteiger partial charge in [-0.15, -0.1) is 11.3 Å². The standard InChI is InChI=1S/C23H37N5O3S/c1-18-21(32-17-25-18)22(30)26-19-5-9-27(10-6-19)15-20(29)24-16-23(7-3-2-4-8-23)28-11-13-31-14-12-28/h17,19H,2-16H2,1H3,(H,24,29)(H,26,30). The molecule has 0 radical (unpaired) electrons. The lowest BCUT2D eigenvalue weighted by molar-refractivity contribution is -0.123. The number of carbonyl (C=O) groups is 2. The Morgan fingerprint density at radius 1 is 1.16 bits per heavy atom. The van der Waals surface area contributed by atoms with Gasteiger partial charge in [0.1, 0.15) is 4.88 Å². The van der Waals surface area contributed by atoms with Crippen molar-refractivity contribution in [3.63, 3.8) is 0 Å². The van der Waals surface area contributed by atoms with Crippen molar-refractivity contribution in [2.75, 3.05) is 52.5 Å². The topological polar surface area (TPSA) is 86.8 Å². The maximum Gasteiger partial charge on any atom is 0.263 e. The van der Waals surface area contributed by atoms with Crippen molar-refractivity contribution in [1.82, 2.24) is 25.4 Å². The number of rotatable bonds is 7. The number of hydrogen-bond donors (Lipinski definition) is 2. The molecule has 2 N–H and O–H groups in total. The zero-order chi connectivity index (χ0) is 22.4. The third-order valence-electron chi connectivity index (χ3n) is 7.32. The summed E-state index contributed by atoms with van der Waals surface area (Å²) in [6.45, 7) is 8.23. The minimum atomic E-state index is -0.0258. The maximum atomic E-state index is 12.8. The average molecular weight is 464 g/mol. The number of thiazole rings is 1. The first-order chi connectivity index (χ1) is 15.6. The van der Waals surface area contributed by atoms with Gasteiger partial charge < -0.3 is 15.4 Å². The maximum absolute atomic E-state index is 12.8. The summed E-state index contributed by atoms with van der Waals surface area (Å²) in [6.07, 6.45) is 7.85. The van der Waals surface area contributed by atoms with Crippen LogP contribution in [0.3, 0.4) is 0 Å². The number of amides is 2. The minimum absolute atomic E-state index is 0.0258. The molecule has 8 nitrogen and oxygen atoms in total. The number of piperidine rings is 1. The van der Waals surface area contributed by atoms with Gasteiger partial charge in [0.05, 0.1) is 31.0 Å². The molecule has 9 heteroatoms. The minimum Gasteiger partial charge on any atom is -0.379 e. The zero-order valence-corrected chi connectivity index (χ0v) is 20.1. The van der Waals surface area contributed by atoms with Crippen molar-refractivity contribution in [2.24, 2.45) is 0 Å². The molecule has 0 aromatic carbocycles. The van der Waals surface area contributed by atoms with Crippen LogP contribution in [0.1, 0.15) is 60.3 Å². The molecule has 2 amide bonds. The lowest BCUT2D eigenvalue weighted by Gasteiger charge is -2.48. The monoisotopic (exact) mass is 463 g/mol. The molecule has 1 aromatic heterocycles. The Hall–Kier alpha value is -1.55. The number of likely N-dealkylation sites (tertiary alicyclic amines) is 1. The number of aromatic nitrogens is 1. The molecular formula is C23H37N5O3S. The van der Waals surface area contributed by atoms with Gasteiger partial charge in [-0.2, -0.15) is 0 Å². The number of hydrogen-bond acceptors (Lipinski definition) is 7. The molecule has 0 unspecified atom stereocenters. The Balaban J connectivity index is 1.21. The first-order valence-electron chi connectivity index (χ1n) is 12.1. The SMILES string of the molecule is Cc1ncsc1C(=O)NC1CCN(CC(=O)NCC2(N3CCOCC3)CCCCC2)CC1. The van der Waals surface area contributed by atoms with Crippen LogP contribution in [0.25, 0.3) is 0 Å². The van der Waals surface area contributed by atoms with E-state index in [2.05, 4.69) is 25.4 Å². The highest BCUT2D eigenvalue weighted by molar-refractivity contribution is 7.11. The number of ether oxygens (including phenoxy) is 1. The van der Waals surface area contributed by atoms with E-state index >= 15 is 0 Å². The molecule has 1 aromatic rings. The summed E-state index contributed by atoms with van der Waals surface area (Å²) in [5, 5.41) is 6.40. The van der Waals surface area contributed by atoms with Crippen molar-refractivity contribution in [1.29, 1.82) is 0 Å². The molecule has 2 aliphatic heterocycles. The van der Waals surface area contributed by atoms with Gasteiger partial charge in [-0.3, -0.25) is 19.4 Å². The number of morpholine rings is 1. The van der Waals surface area contributed by atoms with E-state index < -0.39 is 0 Å². The molecule has 0 spiro atoms. The van der Waals surface area contributed by atoms with Gasteiger partial charge in [0.15, 0.2) is 0 Å². The Morgan fingerprint density at radius 3 is 2.53 bits per heavy atom. The van der Waals surface area contributed by atoms with Crippen LogP contribution in [0.15, 0.2) is 5.51 Å². The van der Waals surface area contributed by atoms with E-state index in [4.69, 9.17) is 4.74 Å². The molecule has 3 heterocycles. The van der Waals surface area contributed by atoms with Crippen molar-refractivity contribution >= 4 is 23.2 Å². The van der Waals surface area contributed by atoms with Gasteiger partial charge in [-0.25, -0.2) is 4.98 Å².